The zero-order chi connectivity index (χ0) is 23.7. The molecular weight excluding hydrogens is 498 g/mol. The van der Waals surface area contributed by atoms with E-state index >= 15 is 0 Å². The Bertz CT molecular complexity index is 1320. The van der Waals surface area contributed by atoms with E-state index in [1.807, 2.05) is 0 Å². The number of thiol groups is 3. The minimum atomic E-state index is -3.58. The molecule has 170 valence electrons. The van der Waals surface area contributed by atoms with Crippen molar-refractivity contribution in [3.63, 3.8) is 0 Å². The molecule has 0 saturated heterocycles. The van der Waals surface area contributed by atoms with Crippen LogP contribution in [0.15, 0.2) is 59.5 Å². The molecular formula is C20H18F2N2O4S4. The topological polar surface area (TPSA) is 77.4 Å². The van der Waals surface area contributed by atoms with Crippen molar-refractivity contribution in [1.82, 2.24) is 4.57 Å². The summed E-state index contributed by atoms with van der Waals surface area (Å²) in [6.07, 6.45) is 1.40. The van der Waals surface area contributed by atoms with Crippen molar-refractivity contribution < 1.29 is 21.9 Å². The van der Waals surface area contributed by atoms with Gasteiger partial charge >= 0.3 is 0 Å². The summed E-state index contributed by atoms with van der Waals surface area (Å²) in [7, 11) is -3.58. The first-order chi connectivity index (χ1) is 14.9. The number of nitrogens with zero attached hydrogens (tertiary/aromatic N) is 1. The molecule has 1 N–H and O–H groups in total. The number of hydrogen-bond donors (Lipinski definition) is 4. The number of sulfonamides is 1. The van der Waals surface area contributed by atoms with Gasteiger partial charge in [-0.15, -0.1) is 37.9 Å². The highest BCUT2D eigenvalue weighted by atomic mass is 32.2. The third-order valence-electron chi connectivity index (χ3n) is 4.29. The van der Waals surface area contributed by atoms with Gasteiger partial charge in [0.05, 0.1) is 5.75 Å². The Morgan fingerprint density at radius 3 is 2.34 bits per heavy atom. The molecule has 12 heteroatoms. The van der Waals surface area contributed by atoms with Gasteiger partial charge in [-0.25, -0.2) is 17.2 Å². The summed E-state index contributed by atoms with van der Waals surface area (Å²) < 4.78 is 59.2. The first-order valence-corrected chi connectivity index (χ1v) is 12.1. The summed E-state index contributed by atoms with van der Waals surface area (Å²) in [4.78, 5) is 12.2. The van der Waals surface area contributed by atoms with Crippen molar-refractivity contribution in [1.29, 1.82) is 0 Å². The van der Waals surface area contributed by atoms with E-state index in [0.29, 0.717) is 17.2 Å². The van der Waals surface area contributed by atoms with E-state index in [9.17, 15) is 22.0 Å². The standard InChI is InChI=1S/C20H18F2N2O4S4/c1-2-32(26,27)23-14-5-7-17(28-18-6-4-13(21)9-16(18)22)15(10-14)12-3-8-19(25)24(11-12)20(29,30)31/h3-11,23,29-31H,2H2,1H3. The lowest BCUT2D eigenvalue weighted by Gasteiger charge is -2.21. The van der Waals surface area contributed by atoms with Gasteiger partial charge in [-0.05, 0) is 43.3 Å². The summed E-state index contributed by atoms with van der Waals surface area (Å²) in [6.45, 7) is 1.49. The minimum absolute atomic E-state index is 0.128. The lowest BCUT2D eigenvalue weighted by Crippen LogP contribution is -2.27. The van der Waals surface area contributed by atoms with E-state index in [4.69, 9.17) is 4.74 Å². The highest BCUT2D eigenvalue weighted by Crippen LogP contribution is 2.38. The molecule has 0 unspecified atom stereocenters. The Morgan fingerprint density at radius 1 is 1.03 bits per heavy atom. The molecule has 0 amide bonds. The number of halogens is 2. The van der Waals surface area contributed by atoms with Crippen LogP contribution in [0.3, 0.4) is 0 Å². The lowest BCUT2D eigenvalue weighted by molar-refractivity contribution is 0.439. The number of ether oxygens (including phenoxy) is 1. The molecule has 0 aliphatic heterocycles. The van der Waals surface area contributed by atoms with Crippen LogP contribution < -0.4 is 15.0 Å². The van der Waals surface area contributed by atoms with Gasteiger partial charge in [-0.3, -0.25) is 14.1 Å². The van der Waals surface area contributed by atoms with Crippen LogP contribution in [-0.4, -0.2) is 18.7 Å². The zero-order valence-electron chi connectivity index (χ0n) is 16.5. The third kappa shape index (κ3) is 5.80. The minimum Gasteiger partial charge on any atom is -0.454 e. The van der Waals surface area contributed by atoms with Gasteiger partial charge in [0.1, 0.15) is 11.6 Å². The SMILES string of the molecule is CCS(=O)(=O)Nc1ccc(Oc2ccc(F)cc2F)c(-c2ccc(=O)n(C(S)(S)S)c2)c1. The van der Waals surface area contributed by atoms with Gasteiger partial charge in [0.15, 0.2) is 15.1 Å². The van der Waals surface area contributed by atoms with Crippen LogP contribution in [0.25, 0.3) is 11.1 Å². The molecule has 1 heterocycles. The molecule has 0 fully saturated rings. The normalized spacial score (nSPS) is 11.9. The van der Waals surface area contributed by atoms with E-state index in [1.54, 1.807) is 0 Å². The van der Waals surface area contributed by atoms with E-state index in [1.165, 1.54) is 43.5 Å². The second-order valence-electron chi connectivity index (χ2n) is 6.62. The maximum Gasteiger partial charge on any atom is 0.253 e. The van der Waals surface area contributed by atoms with Crippen molar-refractivity contribution in [2.75, 3.05) is 10.5 Å². The maximum absolute atomic E-state index is 14.2. The molecule has 3 rings (SSSR count). The first-order valence-electron chi connectivity index (χ1n) is 9.08. The molecule has 2 aromatic carbocycles. The molecule has 32 heavy (non-hydrogen) atoms. The monoisotopic (exact) mass is 516 g/mol. The van der Waals surface area contributed by atoms with Crippen molar-refractivity contribution in [2.24, 2.45) is 0 Å². The largest absolute Gasteiger partial charge is 0.454 e. The second-order valence-corrected chi connectivity index (χ2v) is 11.6. The highest BCUT2D eigenvalue weighted by Gasteiger charge is 2.20. The van der Waals surface area contributed by atoms with Crippen LogP contribution in [0.2, 0.25) is 0 Å². The van der Waals surface area contributed by atoms with E-state index in [0.717, 1.165) is 16.7 Å². The van der Waals surface area contributed by atoms with Gasteiger partial charge in [-0.1, -0.05) is 0 Å². The number of pyridine rings is 1. The Balaban J connectivity index is 2.17. The smallest absolute Gasteiger partial charge is 0.253 e. The summed E-state index contributed by atoms with van der Waals surface area (Å²) in [6, 6.07) is 9.89. The number of nitrogens with one attached hydrogen (secondary N) is 1. The van der Waals surface area contributed by atoms with Crippen LogP contribution in [0, 0.1) is 11.6 Å². The van der Waals surface area contributed by atoms with Gasteiger partial charge in [-0.2, -0.15) is 0 Å². The Kier molecular flexibility index (Phi) is 7.18. The fraction of sp³-hybridized carbons (Fsp3) is 0.150. The summed E-state index contributed by atoms with van der Waals surface area (Å²) >= 11 is 12.5. The fourth-order valence-electron chi connectivity index (χ4n) is 2.72. The van der Waals surface area contributed by atoms with Crippen molar-refractivity contribution >= 4 is 53.6 Å². The molecule has 3 aromatic rings. The Morgan fingerprint density at radius 2 is 1.72 bits per heavy atom. The summed E-state index contributed by atoms with van der Waals surface area (Å²) in [5, 5.41) is 0. The predicted molar refractivity (Wildman–Crippen MR) is 131 cm³/mol. The van der Waals surface area contributed by atoms with E-state index < -0.39 is 30.8 Å². The number of anilines is 1. The third-order valence-corrected chi connectivity index (χ3v) is 6.25. The number of hydrogen-bond acceptors (Lipinski definition) is 7. The first kappa shape index (κ1) is 24.5. The van der Waals surface area contributed by atoms with Crippen molar-refractivity contribution in [3.8, 4) is 22.6 Å². The molecule has 6 nitrogen and oxygen atoms in total. The van der Waals surface area contributed by atoms with Gasteiger partial charge < -0.3 is 4.74 Å². The van der Waals surface area contributed by atoms with Crippen molar-refractivity contribution in [3.05, 3.63) is 76.7 Å². The average molecular weight is 517 g/mol. The molecule has 0 radical (unpaired) electrons. The summed E-state index contributed by atoms with van der Waals surface area (Å²) in [5.74, 6) is -1.94. The lowest BCUT2D eigenvalue weighted by atomic mass is 10.1. The zero-order valence-corrected chi connectivity index (χ0v) is 20.0. The summed E-state index contributed by atoms with van der Waals surface area (Å²) in [5.41, 5.74) is 0.503. The Hall–Kier alpha value is -2.15. The van der Waals surface area contributed by atoms with Gasteiger partial charge in [0, 0.05) is 35.1 Å². The number of benzene rings is 2. The maximum atomic E-state index is 14.2. The van der Waals surface area contributed by atoms with Crippen LogP contribution in [0.5, 0.6) is 11.5 Å². The van der Waals surface area contributed by atoms with Gasteiger partial charge in [0.2, 0.25) is 10.0 Å². The Labute approximate surface area is 199 Å². The number of aromatic nitrogens is 1. The number of rotatable bonds is 7. The molecule has 0 spiro atoms. The van der Waals surface area contributed by atoms with E-state index in [-0.39, 0.29) is 22.9 Å². The van der Waals surface area contributed by atoms with Crippen LogP contribution in [0.4, 0.5) is 14.5 Å². The molecule has 1 aromatic heterocycles. The molecule has 0 aliphatic rings. The quantitative estimate of drug-likeness (QED) is 0.271. The van der Waals surface area contributed by atoms with E-state index in [2.05, 4.69) is 42.6 Å². The van der Waals surface area contributed by atoms with Crippen LogP contribution >= 0.6 is 37.9 Å². The van der Waals surface area contributed by atoms with Gasteiger partial charge in [0.25, 0.3) is 5.56 Å². The van der Waals surface area contributed by atoms with Crippen molar-refractivity contribution in [2.45, 2.75) is 10.5 Å². The molecule has 0 aliphatic carbocycles. The molecule has 0 atom stereocenters. The molecule has 0 bridgehead atoms. The fourth-order valence-corrected chi connectivity index (χ4v) is 3.82. The predicted octanol–water partition coefficient (Wildman–Crippen LogP) is 4.70. The molecule has 0 saturated carbocycles. The highest BCUT2D eigenvalue weighted by molar-refractivity contribution is 8.15. The van der Waals surface area contributed by atoms with Crippen LogP contribution in [-0.2, 0) is 13.6 Å². The second kappa shape index (κ2) is 9.38. The average Bonchev–Trinajstić information content (AvgIpc) is 2.70. The van der Waals surface area contributed by atoms with Crippen LogP contribution in [0.1, 0.15) is 6.92 Å².